The molecule has 0 aliphatic carbocycles. The van der Waals surface area contributed by atoms with Gasteiger partial charge in [-0.1, -0.05) is 48.0 Å². The Labute approximate surface area is 175 Å². The van der Waals surface area contributed by atoms with Crippen LogP contribution in [0.3, 0.4) is 0 Å². The highest BCUT2D eigenvalue weighted by Crippen LogP contribution is 2.30. The summed E-state index contributed by atoms with van der Waals surface area (Å²) in [6, 6.07) is 23.1. The Kier molecular flexibility index (Phi) is 5.40. The average Bonchev–Trinajstić information content (AvgIpc) is 2.78. The Morgan fingerprint density at radius 1 is 1.03 bits per heavy atom. The number of benzene rings is 3. The molecule has 0 aliphatic heterocycles. The number of anilines is 1. The highest BCUT2D eigenvalue weighted by Gasteiger charge is 2.09. The van der Waals surface area contributed by atoms with E-state index in [1.54, 1.807) is 30.5 Å². The van der Waals surface area contributed by atoms with Crippen LogP contribution in [0.15, 0.2) is 79.1 Å². The first-order chi connectivity index (χ1) is 14.6. The quantitative estimate of drug-likeness (QED) is 0.488. The van der Waals surface area contributed by atoms with Crippen LogP contribution in [0, 0.1) is 18.3 Å². The monoisotopic (exact) mass is 392 g/mol. The molecule has 0 saturated heterocycles. The first-order valence-electron chi connectivity index (χ1n) is 9.62. The number of rotatable bonds is 4. The van der Waals surface area contributed by atoms with Crippen molar-refractivity contribution in [2.75, 3.05) is 5.32 Å². The summed E-state index contributed by atoms with van der Waals surface area (Å²) in [5.41, 5.74) is 5.55. The zero-order chi connectivity index (χ0) is 20.9. The number of pyridine rings is 1. The van der Waals surface area contributed by atoms with Gasteiger partial charge in [0.05, 0.1) is 11.6 Å². The summed E-state index contributed by atoms with van der Waals surface area (Å²) in [7, 11) is 0. The van der Waals surface area contributed by atoms with Gasteiger partial charge in [-0.25, -0.2) is 4.79 Å². The number of nitrogens with zero attached hydrogens (tertiary/aromatic N) is 2. The lowest BCUT2D eigenvalue weighted by Crippen LogP contribution is -2.28. The number of hydrogen-bond acceptors (Lipinski definition) is 3. The first kappa shape index (κ1) is 19.2. The maximum absolute atomic E-state index is 12.3. The van der Waals surface area contributed by atoms with Crippen molar-refractivity contribution < 1.29 is 4.79 Å². The molecule has 1 aromatic heterocycles. The summed E-state index contributed by atoms with van der Waals surface area (Å²) in [5.74, 6) is 0. The van der Waals surface area contributed by atoms with E-state index in [0.29, 0.717) is 17.8 Å². The number of urea groups is 1. The number of aromatic nitrogens is 1. The van der Waals surface area contributed by atoms with Crippen LogP contribution >= 0.6 is 0 Å². The third-order valence-corrected chi connectivity index (χ3v) is 4.96. The van der Waals surface area contributed by atoms with Crippen molar-refractivity contribution >= 4 is 22.5 Å². The summed E-state index contributed by atoms with van der Waals surface area (Å²) in [6.07, 6.45) is 3.62. The Bertz CT molecular complexity index is 1260. The summed E-state index contributed by atoms with van der Waals surface area (Å²) >= 11 is 0. The summed E-state index contributed by atoms with van der Waals surface area (Å²) < 4.78 is 0. The second kappa shape index (κ2) is 8.46. The number of carbonyl (C=O) groups is 1. The van der Waals surface area contributed by atoms with Gasteiger partial charge in [-0.15, -0.1) is 0 Å². The van der Waals surface area contributed by atoms with Gasteiger partial charge >= 0.3 is 6.03 Å². The van der Waals surface area contributed by atoms with E-state index in [2.05, 4.69) is 58.9 Å². The Morgan fingerprint density at radius 3 is 2.67 bits per heavy atom. The highest BCUT2D eigenvalue weighted by atomic mass is 16.2. The molecule has 0 atom stereocenters. The van der Waals surface area contributed by atoms with Gasteiger partial charge in [-0.3, -0.25) is 4.98 Å². The van der Waals surface area contributed by atoms with Gasteiger partial charge in [0.2, 0.25) is 0 Å². The minimum Gasteiger partial charge on any atom is -0.334 e. The molecular formula is C25H20N4O. The average molecular weight is 392 g/mol. The molecule has 3 aromatic carbocycles. The fourth-order valence-corrected chi connectivity index (χ4v) is 3.40. The van der Waals surface area contributed by atoms with Crippen molar-refractivity contribution in [3.63, 3.8) is 0 Å². The minimum atomic E-state index is -0.329. The standard InChI is InChI=1S/C25H20N4O/c1-17-5-7-19(8-6-17)22-10-9-20(24-16-27-12-11-23(22)24)15-28-25(30)29-21-4-2-3-18(13-21)14-26/h2-13,16H,15H2,1H3,(H2,28,29,30). The number of hydrogen-bond donors (Lipinski definition) is 2. The molecule has 0 bridgehead atoms. The molecule has 30 heavy (non-hydrogen) atoms. The fourth-order valence-electron chi connectivity index (χ4n) is 3.40. The zero-order valence-electron chi connectivity index (χ0n) is 16.5. The van der Waals surface area contributed by atoms with Crippen LogP contribution in [0.2, 0.25) is 0 Å². The number of nitrogens with one attached hydrogen (secondary N) is 2. The lowest BCUT2D eigenvalue weighted by Gasteiger charge is -2.13. The molecule has 0 spiro atoms. The summed E-state index contributed by atoms with van der Waals surface area (Å²) in [6.45, 7) is 2.43. The molecule has 2 N–H and O–H groups in total. The molecule has 0 unspecified atom stereocenters. The normalized spacial score (nSPS) is 10.4. The Morgan fingerprint density at radius 2 is 1.87 bits per heavy atom. The van der Waals surface area contributed by atoms with Crippen LogP contribution in [0.5, 0.6) is 0 Å². The van der Waals surface area contributed by atoms with Gasteiger partial charge in [0.15, 0.2) is 0 Å². The molecule has 5 heteroatoms. The predicted octanol–water partition coefficient (Wildman–Crippen LogP) is 5.40. The summed E-state index contributed by atoms with van der Waals surface area (Å²) in [4.78, 5) is 16.6. The Hall–Kier alpha value is -4.17. The largest absolute Gasteiger partial charge is 0.334 e. The van der Waals surface area contributed by atoms with E-state index in [-0.39, 0.29) is 6.03 Å². The lowest BCUT2D eigenvalue weighted by atomic mass is 9.96. The molecule has 4 aromatic rings. The predicted molar refractivity (Wildman–Crippen MR) is 119 cm³/mol. The van der Waals surface area contributed by atoms with Gasteiger partial charge in [0.1, 0.15) is 0 Å². The number of nitriles is 1. The third kappa shape index (κ3) is 4.13. The second-order valence-electron chi connectivity index (χ2n) is 7.06. The molecule has 146 valence electrons. The van der Waals surface area contributed by atoms with E-state index in [4.69, 9.17) is 5.26 Å². The molecule has 1 heterocycles. The smallest absolute Gasteiger partial charge is 0.319 e. The van der Waals surface area contributed by atoms with Crippen LogP contribution < -0.4 is 10.6 Å². The van der Waals surface area contributed by atoms with Gasteiger partial charge in [-0.2, -0.15) is 5.26 Å². The molecule has 0 aliphatic rings. The van der Waals surface area contributed by atoms with E-state index in [1.165, 1.54) is 5.56 Å². The topological polar surface area (TPSA) is 77.8 Å². The molecular weight excluding hydrogens is 372 g/mol. The van der Waals surface area contributed by atoms with Gasteiger partial charge < -0.3 is 10.6 Å². The van der Waals surface area contributed by atoms with Gasteiger partial charge in [0.25, 0.3) is 0 Å². The van der Waals surface area contributed by atoms with Crippen LogP contribution in [0.1, 0.15) is 16.7 Å². The minimum absolute atomic E-state index is 0.329. The highest BCUT2D eigenvalue weighted by molar-refractivity contribution is 5.98. The molecule has 0 fully saturated rings. The van der Waals surface area contributed by atoms with Crippen LogP contribution in [0.25, 0.3) is 21.9 Å². The molecule has 2 amide bonds. The van der Waals surface area contributed by atoms with Crippen molar-refractivity contribution in [3.8, 4) is 17.2 Å². The maximum atomic E-state index is 12.3. The van der Waals surface area contributed by atoms with E-state index in [9.17, 15) is 4.79 Å². The van der Waals surface area contributed by atoms with E-state index < -0.39 is 0 Å². The number of fused-ring (bicyclic) bond motifs is 1. The van der Waals surface area contributed by atoms with Crippen molar-refractivity contribution in [1.29, 1.82) is 5.26 Å². The fraction of sp³-hybridized carbons (Fsp3) is 0.0800. The second-order valence-corrected chi connectivity index (χ2v) is 7.06. The van der Waals surface area contributed by atoms with Crippen LogP contribution in [-0.4, -0.2) is 11.0 Å². The molecule has 0 saturated carbocycles. The SMILES string of the molecule is Cc1ccc(-c2ccc(CNC(=O)Nc3cccc(C#N)c3)c3cnccc23)cc1. The van der Waals surface area contributed by atoms with E-state index in [1.807, 2.05) is 18.3 Å². The zero-order valence-corrected chi connectivity index (χ0v) is 16.5. The van der Waals surface area contributed by atoms with Gasteiger partial charge in [0, 0.05) is 30.0 Å². The van der Waals surface area contributed by atoms with E-state index in [0.717, 1.165) is 27.5 Å². The third-order valence-electron chi connectivity index (χ3n) is 4.96. The van der Waals surface area contributed by atoms with Crippen LogP contribution in [0.4, 0.5) is 10.5 Å². The molecule has 4 rings (SSSR count). The van der Waals surface area contributed by atoms with Crippen molar-refractivity contribution in [2.45, 2.75) is 13.5 Å². The molecule has 0 radical (unpaired) electrons. The first-order valence-corrected chi connectivity index (χ1v) is 9.62. The summed E-state index contributed by atoms with van der Waals surface area (Å²) in [5, 5.41) is 16.7. The maximum Gasteiger partial charge on any atom is 0.319 e. The van der Waals surface area contributed by atoms with Gasteiger partial charge in [-0.05, 0) is 53.3 Å². The Balaban J connectivity index is 1.55. The van der Waals surface area contributed by atoms with Crippen molar-refractivity contribution in [1.82, 2.24) is 10.3 Å². The van der Waals surface area contributed by atoms with Crippen LogP contribution in [-0.2, 0) is 6.54 Å². The molecule has 5 nitrogen and oxygen atoms in total. The van der Waals surface area contributed by atoms with E-state index >= 15 is 0 Å². The van der Waals surface area contributed by atoms with Crippen molar-refractivity contribution in [3.05, 3.63) is 95.8 Å². The number of carbonyl (C=O) groups excluding carboxylic acids is 1. The van der Waals surface area contributed by atoms with Crippen molar-refractivity contribution in [2.24, 2.45) is 0 Å². The number of aryl methyl sites for hydroxylation is 1. The number of amides is 2. The lowest BCUT2D eigenvalue weighted by molar-refractivity contribution is 0.252.